The van der Waals surface area contributed by atoms with Crippen LogP contribution < -0.4 is 0 Å². The summed E-state index contributed by atoms with van der Waals surface area (Å²) >= 11 is 0. The van der Waals surface area contributed by atoms with E-state index in [1.807, 2.05) is 0 Å². The SMILES string of the molecule is CC1C[C@@H](C(C)(C)C)O[C@H]1C(C)(C)C. The van der Waals surface area contributed by atoms with Crippen molar-refractivity contribution >= 4 is 0 Å². The number of hydrogen-bond donors (Lipinski definition) is 0. The average Bonchev–Trinajstić information content (AvgIpc) is 2.27. The lowest BCUT2D eigenvalue weighted by Crippen LogP contribution is -2.32. The lowest BCUT2D eigenvalue weighted by atomic mass is 9.80. The van der Waals surface area contributed by atoms with Gasteiger partial charge in [-0.3, -0.25) is 0 Å². The van der Waals surface area contributed by atoms with Crippen LogP contribution >= 0.6 is 0 Å². The zero-order chi connectivity index (χ0) is 11.1. The maximum Gasteiger partial charge on any atom is 0.0653 e. The first kappa shape index (κ1) is 12.0. The summed E-state index contributed by atoms with van der Waals surface area (Å²) in [6, 6.07) is 0. The first-order chi connectivity index (χ1) is 6.12. The van der Waals surface area contributed by atoms with Gasteiger partial charge in [0, 0.05) is 0 Å². The summed E-state index contributed by atoms with van der Waals surface area (Å²) in [6.07, 6.45) is 2.07. The Kier molecular flexibility index (Phi) is 3.02. The van der Waals surface area contributed by atoms with E-state index in [1.54, 1.807) is 0 Å². The Bertz CT molecular complexity index is 194. The van der Waals surface area contributed by atoms with Crippen molar-refractivity contribution < 1.29 is 4.74 Å². The minimum absolute atomic E-state index is 0.277. The molecule has 84 valence electrons. The topological polar surface area (TPSA) is 9.23 Å². The molecule has 1 heteroatoms. The van der Waals surface area contributed by atoms with Gasteiger partial charge in [-0.05, 0) is 23.2 Å². The van der Waals surface area contributed by atoms with Crippen molar-refractivity contribution in [3.8, 4) is 0 Å². The number of rotatable bonds is 0. The minimum atomic E-state index is 0.277. The third-order valence-corrected chi connectivity index (χ3v) is 3.23. The van der Waals surface area contributed by atoms with Gasteiger partial charge < -0.3 is 4.74 Å². The van der Waals surface area contributed by atoms with Gasteiger partial charge >= 0.3 is 0 Å². The molecule has 1 fully saturated rings. The van der Waals surface area contributed by atoms with Gasteiger partial charge in [0.2, 0.25) is 0 Å². The van der Waals surface area contributed by atoms with Gasteiger partial charge in [-0.25, -0.2) is 0 Å². The molecule has 0 bridgehead atoms. The van der Waals surface area contributed by atoms with Crippen molar-refractivity contribution in [1.82, 2.24) is 0 Å². The molecule has 0 aromatic heterocycles. The van der Waals surface area contributed by atoms with Crippen LogP contribution in [0.2, 0.25) is 0 Å². The van der Waals surface area contributed by atoms with Crippen molar-refractivity contribution in [2.75, 3.05) is 0 Å². The van der Waals surface area contributed by atoms with E-state index in [-0.39, 0.29) is 10.8 Å². The third kappa shape index (κ3) is 2.50. The highest BCUT2D eigenvalue weighted by atomic mass is 16.5. The monoisotopic (exact) mass is 198 g/mol. The molecule has 0 N–H and O–H groups in total. The largest absolute Gasteiger partial charge is 0.374 e. The fourth-order valence-electron chi connectivity index (χ4n) is 2.44. The summed E-state index contributed by atoms with van der Waals surface area (Å²) in [5.41, 5.74) is 0.563. The molecule has 1 unspecified atom stereocenters. The summed E-state index contributed by atoms with van der Waals surface area (Å²) in [6.45, 7) is 16.0. The second-order valence-electron chi connectivity index (χ2n) is 6.99. The Labute approximate surface area is 89.2 Å². The van der Waals surface area contributed by atoms with Crippen LogP contribution in [0, 0.1) is 16.7 Å². The molecule has 0 radical (unpaired) electrons. The van der Waals surface area contributed by atoms with Crippen molar-refractivity contribution in [2.45, 2.75) is 67.1 Å². The first-order valence-corrected chi connectivity index (χ1v) is 5.78. The van der Waals surface area contributed by atoms with Gasteiger partial charge in [0.1, 0.15) is 0 Å². The summed E-state index contributed by atoms with van der Waals surface area (Å²) in [7, 11) is 0. The maximum absolute atomic E-state index is 6.20. The first-order valence-electron chi connectivity index (χ1n) is 5.78. The summed E-state index contributed by atoms with van der Waals surface area (Å²) in [5, 5.41) is 0. The van der Waals surface area contributed by atoms with Crippen LogP contribution in [-0.4, -0.2) is 12.2 Å². The van der Waals surface area contributed by atoms with Crippen molar-refractivity contribution in [3.05, 3.63) is 0 Å². The molecule has 1 nitrogen and oxygen atoms in total. The maximum atomic E-state index is 6.20. The van der Waals surface area contributed by atoms with Crippen LogP contribution in [0.15, 0.2) is 0 Å². The summed E-state index contributed by atoms with van der Waals surface area (Å²) in [4.78, 5) is 0. The molecule has 1 aliphatic heterocycles. The molecule has 3 atom stereocenters. The molecule has 0 spiro atoms. The molecule has 14 heavy (non-hydrogen) atoms. The normalized spacial score (nSPS) is 34.9. The highest BCUT2D eigenvalue weighted by Crippen LogP contribution is 2.42. The molecular formula is C13H26O. The average molecular weight is 198 g/mol. The Hall–Kier alpha value is -0.0400. The summed E-state index contributed by atoms with van der Waals surface area (Å²) in [5.74, 6) is 0.694. The number of ether oxygens (including phenoxy) is 1. The lowest BCUT2D eigenvalue weighted by Gasteiger charge is -2.32. The molecule has 0 aromatic carbocycles. The highest BCUT2D eigenvalue weighted by Gasteiger charge is 2.43. The zero-order valence-corrected chi connectivity index (χ0v) is 10.8. The minimum Gasteiger partial charge on any atom is -0.374 e. The Balaban J connectivity index is 2.70. The van der Waals surface area contributed by atoms with E-state index in [9.17, 15) is 0 Å². The van der Waals surface area contributed by atoms with Crippen LogP contribution in [-0.2, 0) is 4.74 Å². The van der Waals surface area contributed by atoms with Gasteiger partial charge in [0.15, 0.2) is 0 Å². The molecule has 1 saturated heterocycles. The standard InChI is InChI=1S/C13H26O/c1-9-8-10(12(2,3)4)14-11(9)13(5,6)7/h9-11H,8H2,1-7H3/t9?,10-,11+/m0/s1. The third-order valence-electron chi connectivity index (χ3n) is 3.23. The van der Waals surface area contributed by atoms with Gasteiger partial charge in [-0.2, -0.15) is 0 Å². The van der Waals surface area contributed by atoms with Crippen molar-refractivity contribution in [2.24, 2.45) is 16.7 Å². The second-order valence-corrected chi connectivity index (χ2v) is 6.99. The second kappa shape index (κ2) is 3.52. The molecular weight excluding hydrogens is 172 g/mol. The van der Waals surface area contributed by atoms with E-state index in [1.165, 1.54) is 6.42 Å². The van der Waals surface area contributed by atoms with Crippen LogP contribution in [0.5, 0.6) is 0 Å². The molecule has 0 aliphatic carbocycles. The Morgan fingerprint density at radius 1 is 0.929 bits per heavy atom. The predicted molar refractivity (Wildman–Crippen MR) is 61.4 cm³/mol. The fraction of sp³-hybridized carbons (Fsp3) is 1.00. The smallest absolute Gasteiger partial charge is 0.0653 e. The van der Waals surface area contributed by atoms with Gasteiger partial charge in [-0.1, -0.05) is 48.5 Å². The van der Waals surface area contributed by atoms with Crippen LogP contribution in [0.3, 0.4) is 0 Å². The van der Waals surface area contributed by atoms with Crippen molar-refractivity contribution in [3.63, 3.8) is 0 Å². The van der Waals surface area contributed by atoms with Crippen LogP contribution in [0.25, 0.3) is 0 Å². The Morgan fingerprint density at radius 2 is 1.43 bits per heavy atom. The highest BCUT2D eigenvalue weighted by molar-refractivity contribution is 4.91. The molecule has 1 heterocycles. The van der Waals surface area contributed by atoms with Crippen LogP contribution in [0.1, 0.15) is 54.9 Å². The number of hydrogen-bond acceptors (Lipinski definition) is 1. The van der Waals surface area contributed by atoms with E-state index in [0.717, 1.165) is 0 Å². The van der Waals surface area contributed by atoms with E-state index < -0.39 is 0 Å². The Morgan fingerprint density at radius 3 is 1.64 bits per heavy atom. The van der Waals surface area contributed by atoms with Gasteiger partial charge in [-0.15, -0.1) is 0 Å². The molecule has 1 rings (SSSR count). The quantitative estimate of drug-likeness (QED) is 0.574. The van der Waals surface area contributed by atoms with E-state index in [0.29, 0.717) is 18.1 Å². The lowest BCUT2D eigenvalue weighted by molar-refractivity contribution is -0.0641. The van der Waals surface area contributed by atoms with E-state index in [4.69, 9.17) is 4.74 Å². The van der Waals surface area contributed by atoms with E-state index in [2.05, 4.69) is 48.5 Å². The predicted octanol–water partition coefficient (Wildman–Crippen LogP) is 3.87. The molecule has 0 aromatic rings. The van der Waals surface area contributed by atoms with Gasteiger partial charge in [0.25, 0.3) is 0 Å². The van der Waals surface area contributed by atoms with Gasteiger partial charge in [0.05, 0.1) is 12.2 Å². The van der Waals surface area contributed by atoms with Crippen molar-refractivity contribution in [1.29, 1.82) is 0 Å². The van der Waals surface area contributed by atoms with E-state index >= 15 is 0 Å². The zero-order valence-electron chi connectivity index (χ0n) is 10.8. The molecule has 0 amide bonds. The molecule has 1 aliphatic rings. The van der Waals surface area contributed by atoms with Crippen LogP contribution in [0.4, 0.5) is 0 Å². The summed E-state index contributed by atoms with van der Waals surface area (Å²) < 4.78 is 6.20. The molecule has 0 saturated carbocycles. The fourth-order valence-corrected chi connectivity index (χ4v) is 2.44.